The number of rotatable bonds is 6. The molecule has 0 unspecified atom stereocenters. The van der Waals surface area contributed by atoms with Crippen LogP contribution in [0.1, 0.15) is 31.2 Å². The van der Waals surface area contributed by atoms with Gasteiger partial charge in [0, 0.05) is 22.0 Å². The van der Waals surface area contributed by atoms with Gasteiger partial charge in [-0.2, -0.15) is 0 Å². The summed E-state index contributed by atoms with van der Waals surface area (Å²) >= 11 is 7.22. The molecule has 3 aromatic carbocycles. The second-order valence-electron chi connectivity index (χ2n) is 7.29. The van der Waals surface area contributed by atoms with Crippen molar-refractivity contribution in [2.24, 2.45) is 0 Å². The Balaban J connectivity index is 1.75. The quantitative estimate of drug-likeness (QED) is 0.270. The number of carbonyl (C=O) groups excluding carboxylic acids is 2. The molecule has 0 spiro atoms. The Kier molecular flexibility index (Phi) is 6.44. The van der Waals surface area contributed by atoms with Crippen LogP contribution in [0.15, 0.2) is 72.8 Å². The van der Waals surface area contributed by atoms with E-state index in [1.165, 1.54) is 24.3 Å². The number of benzene rings is 3. The van der Waals surface area contributed by atoms with Crippen molar-refractivity contribution in [3.05, 3.63) is 105 Å². The van der Waals surface area contributed by atoms with E-state index < -0.39 is 11.7 Å². The molecule has 4 rings (SSSR count). The largest absolute Gasteiger partial charge is 0.397 e. The lowest BCUT2D eigenvalue weighted by molar-refractivity contribution is 0.102. The molecular formula is C25H19ClFN3O2S. The number of carbonyl (C=O) groups is 2. The van der Waals surface area contributed by atoms with Crippen LogP contribution in [-0.4, -0.2) is 11.7 Å². The molecule has 8 heteroatoms. The number of thiophene rings is 1. The number of nitrogen functional groups attached to an aromatic ring is 1. The first kappa shape index (κ1) is 22.5. The van der Waals surface area contributed by atoms with Gasteiger partial charge in [0.25, 0.3) is 5.91 Å². The molecule has 0 bridgehead atoms. The van der Waals surface area contributed by atoms with Crippen LogP contribution in [0.25, 0.3) is 0 Å². The second kappa shape index (κ2) is 9.44. The van der Waals surface area contributed by atoms with Gasteiger partial charge >= 0.3 is 0 Å². The minimum atomic E-state index is -0.518. The summed E-state index contributed by atoms with van der Waals surface area (Å²) in [6.07, 6.45) is 0. The first-order valence-corrected chi connectivity index (χ1v) is 11.1. The van der Waals surface area contributed by atoms with E-state index in [4.69, 9.17) is 17.3 Å². The summed E-state index contributed by atoms with van der Waals surface area (Å²) in [5.74, 6) is -1.22. The van der Waals surface area contributed by atoms with Crippen molar-refractivity contribution in [1.82, 2.24) is 0 Å². The Morgan fingerprint density at radius 3 is 2.30 bits per heavy atom. The third-order valence-corrected chi connectivity index (χ3v) is 6.48. The van der Waals surface area contributed by atoms with Crippen molar-refractivity contribution in [3.63, 3.8) is 0 Å². The van der Waals surface area contributed by atoms with Crippen molar-refractivity contribution in [2.45, 2.75) is 6.92 Å². The zero-order valence-electron chi connectivity index (χ0n) is 17.5. The summed E-state index contributed by atoms with van der Waals surface area (Å²) in [4.78, 5) is 26.5. The fourth-order valence-electron chi connectivity index (χ4n) is 3.23. The third kappa shape index (κ3) is 4.89. The van der Waals surface area contributed by atoms with Crippen LogP contribution in [0.5, 0.6) is 0 Å². The summed E-state index contributed by atoms with van der Waals surface area (Å²) in [6, 6.07) is 19.4. The zero-order chi connectivity index (χ0) is 23.5. The van der Waals surface area contributed by atoms with E-state index in [0.717, 1.165) is 16.9 Å². The van der Waals surface area contributed by atoms with Gasteiger partial charge in [0.15, 0.2) is 0 Å². The van der Waals surface area contributed by atoms with Crippen molar-refractivity contribution >= 4 is 56.7 Å². The van der Waals surface area contributed by atoms with Crippen LogP contribution in [0.3, 0.4) is 0 Å². The average Bonchev–Trinajstić information content (AvgIpc) is 3.13. The molecule has 0 aliphatic carbocycles. The Labute approximate surface area is 199 Å². The molecule has 4 aromatic rings. The smallest absolute Gasteiger partial charge is 0.260 e. The third-order valence-electron chi connectivity index (χ3n) is 4.93. The van der Waals surface area contributed by atoms with Gasteiger partial charge in [-0.25, -0.2) is 4.39 Å². The number of nitrogens with two attached hydrogens (primary N) is 1. The Morgan fingerprint density at radius 1 is 0.970 bits per heavy atom. The van der Waals surface area contributed by atoms with E-state index in [0.29, 0.717) is 27.0 Å². The van der Waals surface area contributed by atoms with Crippen molar-refractivity contribution < 1.29 is 14.0 Å². The molecule has 4 N–H and O–H groups in total. The molecule has 0 saturated heterocycles. The number of hydrogen-bond donors (Lipinski definition) is 3. The van der Waals surface area contributed by atoms with Crippen LogP contribution in [0, 0.1) is 12.7 Å². The van der Waals surface area contributed by atoms with Gasteiger partial charge in [-0.3, -0.25) is 9.59 Å². The molecule has 166 valence electrons. The molecular weight excluding hydrogens is 461 g/mol. The van der Waals surface area contributed by atoms with E-state index in [1.54, 1.807) is 36.4 Å². The Hall–Kier alpha value is -3.68. The van der Waals surface area contributed by atoms with E-state index in [9.17, 15) is 14.0 Å². The monoisotopic (exact) mass is 479 g/mol. The molecule has 0 atom stereocenters. The number of ketones is 1. The van der Waals surface area contributed by atoms with E-state index in [1.807, 2.05) is 19.1 Å². The van der Waals surface area contributed by atoms with Crippen LogP contribution in [-0.2, 0) is 0 Å². The predicted octanol–water partition coefficient (Wildman–Crippen LogP) is 6.66. The van der Waals surface area contributed by atoms with Gasteiger partial charge in [0.05, 0.1) is 11.3 Å². The highest BCUT2D eigenvalue weighted by atomic mass is 35.5. The first-order valence-electron chi connectivity index (χ1n) is 9.95. The van der Waals surface area contributed by atoms with E-state index in [2.05, 4.69) is 10.6 Å². The summed E-state index contributed by atoms with van der Waals surface area (Å²) in [7, 11) is 0. The standard InChI is InChI=1S/C25H19ClFN3O2S/c1-14-13-18(11-12-19(14)26)30-25-20(24(32)29-17-9-7-16(27)8-10-17)21(28)23(33-25)22(31)15-5-3-2-4-6-15/h2-13,30H,28H2,1H3,(H,29,32). The van der Waals surface area contributed by atoms with Crippen LogP contribution >= 0.6 is 22.9 Å². The summed E-state index contributed by atoms with van der Waals surface area (Å²) < 4.78 is 13.2. The van der Waals surface area contributed by atoms with Gasteiger partial charge in [-0.15, -0.1) is 11.3 Å². The van der Waals surface area contributed by atoms with Gasteiger partial charge in [-0.1, -0.05) is 41.9 Å². The predicted molar refractivity (Wildman–Crippen MR) is 132 cm³/mol. The molecule has 0 aliphatic rings. The van der Waals surface area contributed by atoms with Gasteiger partial charge in [-0.05, 0) is 55.0 Å². The van der Waals surface area contributed by atoms with Gasteiger partial charge in [0.2, 0.25) is 5.78 Å². The number of amides is 1. The lowest BCUT2D eigenvalue weighted by Gasteiger charge is -2.10. The lowest BCUT2D eigenvalue weighted by atomic mass is 10.1. The summed E-state index contributed by atoms with van der Waals surface area (Å²) in [5.41, 5.74) is 8.94. The van der Waals surface area contributed by atoms with Crippen LogP contribution in [0.4, 0.5) is 26.5 Å². The second-order valence-corrected chi connectivity index (χ2v) is 8.72. The molecule has 0 fully saturated rings. The number of halogens is 2. The molecule has 1 amide bonds. The minimum Gasteiger partial charge on any atom is -0.397 e. The highest BCUT2D eigenvalue weighted by Gasteiger charge is 2.26. The normalized spacial score (nSPS) is 10.6. The molecule has 5 nitrogen and oxygen atoms in total. The minimum absolute atomic E-state index is 0.0710. The number of nitrogens with one attached hydrogen (secondary N) is 2. The Bertz CT molecular complexity index is 1340. The highest BCUT2D eigenvalue weighted by molar-refractivity contribution is 7.19. The van der Waals surface area contributed by atoms with Crippen molar-refractivity contribution in [2.75, 3.05) is 16.4 Å². The molecule has 0 radical (unpaired) electrons. The average molecular weight is 480 g/mol. The lowest BCUT2D eigenvalue weighted by Crippen LogP contribution is -2.15. The molecule has 1 aromatic heterocycles. The SMILES string of the molecule is Cc1cc(Nc2sc(C(=O)c3ccccc3)c(N)c2C(=O)Nc2ccc(F)cc2)ccc1Cl. The Morgan fingerprint density at radius 2 is 1.64 bits per heavy atom. The maximum absolute atomic E-state index is 13.2. The van der Waals surface area contributed by atoms with Gasteiger partial charge in [0.1, 0.15) is 15.7 Å². The number of anilines is 4. The van der Waals surface area contributed by atoms with E-state index >= 15 is 0 Å². The number of hydrogen-bond acceptors (Lipinski definition) is 5. The van der Waals surface area contributed by atoms with Crippen molar-refractivity contribution in [3.8, 4) is 0 Å². The van der Waals surface area contributed by atoms with E-state index in [-0.39, 0.29) is 21.9 Å². The molecule has 1 heterocycles. The first-order chi connectivity index (χ1) is 15.8. The zero-order valence-corrected chi connectivity index (χ0v) is 19.1. The molecule has 33 heavy (non-hydrogen) atoms. The molecule has 0 aliphatic heterocycles. The van der Waals surface area contributed by atoms with Crippen LogP contribution < -0.4 is 16.4 Å². The van der Waals surface area contributed by atoms with Crippen molar-refractivity contribution in [1.29, 1.82) is 0 Å². The fourth-order valence-corrected chi connectivity index (χ4v) is 4.44. The maximum Gasteiger partial charge on any atom is 0.260 e. The van der Waals surface area contributed by atoms with Gasteiger partial charge < -0.3 is 16.4 Å². The topological polar surface area (TPSA) is 84.2 Å². The summed E-state index contributed by atoms with van der Waals surface area (Å²) in [5, 5.41) is 6.93. The highest BCUT2D eigenvalue weighted by Crippen LogP contribution is 2.39. The molecule has 0 saturated carbocycles. The fraction of sp³-hybridized carbons (Fsp3) is 0.0400. The van der Waals surface area contributed by atoms with Crippen LogP contribution in [0.2, 0.25) is 5.02 Å². The number of aryl methyl sites for hydroxylation is 1. The maximum atomic E-state index is 13.2. The summed E-state index contributed by atoms with van der Waals surface area (Å²) in [6.45, 7) is 1.86.